The monoisotopic (exact) mass is 538 g/mol. The van der Waals surface area contributed by atoms with Crippen molar-refractivity contribution in [3.8, 4) is 0 Å². The number of hydrogen-bond acceptors (Lipinski definition) is 4. The van der Waals surface area contributed by atoms with Crippen LogP contribution in [0, 0.1) is 0 Å². The van der Waals surface area contributed by atoms with E-state index in [1.54, 1.807) is 42.5 Å². The van der Waals surface area contributed by atoms with Crippen LogP contribution in [-0.4, -0.2) is 31.4 Å². The van der Waals surface area contributed by atoms with Crippen molar-refractivity contribution in [2.45, 2.75) is 16.3 Å². The molecule has 0 saturated carbocycles. The van der Waals surface area contributed by atoms with Gasteiger partial charge in [-0.1, -0.05) is 51.8 Å². The Kier molecular flexibility index (Phi) is 8.18. The summed E-state index contributed by atoms with van der Waals surface area (Å²) >= 11 is 10.8. The molecule has 0 radical (unpaired) electrons. The molecule has 3 aromatic carbocycles. The molecule has 1 amide bonds. The first-order chi connectivity index (χ1) is 14.8. The minimum absolute atomic E-state index is 0.0349. The van der Waals surface area contributed by atoms with Gasteiger partial charge in [-0.05, 0) is 60.4 Å². The van der Waals surface area contributed by atoms with Crippen LogP contribution in [0.15, 0.2) is 87.1 Å². The Balaban J connectivity index is 1.88. The van der Waals surface area contributed by atoms with Crippen LogP contribution in [0.1, 0.15) is 5.56 Å². The fourth-order valence-electron chi connectivity index (χ4n) is 2.87. The number of hydrogen-bond donors (Lipinski definition) is 1. The first kappa shape index (κ1) is 23.8. The Bertz CT molecular complexity index is 1150. The number of halogens is 2. The second-order valence-electron chi connectivity index (χ2n) is 6.60. The molecule has 0 fully saturated rings. The minimum atomic E-state index is -3.92. The lowest BCUT2D eigenvalue weighted by Crippen LogP contribution is -2.37. The predicted molar refractivity (Wildman–Crippen MR) is 130 cm³/mol. The van der Waals surface area contributed by atoms with E-state index in [2.05, 4.69) is 21.2 Å². The van der Waals surface area contributed by atoms with Gasteiger partial charge in [-0.15, -0.1) is 11.8 Å². The van der Waals surface area contributed by atoms with Gasteiger partial charge >= 0.3 is 0 Å². The molecule has 0 aliphatic rings. The van der Waals surface area contributed by atoms with Crippen LogP contribution < -0.4 is 5.32 Å². The van der Waals surface area contributed by atoms with E-state index in [-0.39, 0.29) is 18.0 Å². The highest BCUT2D eigenvalue weighted by atomic mass is 79.9. The number of amides is 1. The summed E-state index contributed by atoms with van der Waals surface area (Å²) < 4.78 is 28.6. The highest BCUT2D eigenvalue weighted by Gasteiger charge is 2.27. The van der Waals surface area contributed by atoms with Gasteiger partial charge in [-0.3, -0.25) is 4.79 Å². The average Bonchev–Trinajstić information content (AvgIpc) is 2.75. The summed E-state index contributed by atoms with van der Waals surface area (Å²) in [6.45, 7) is -0.295. The number of nitrogens with zero attached hydrogens (tertiary/aromatic N) is 1. The first-order valence-corrected chi connectivity index (χ1v) is 13.1. The smallest absolute Gasteiger partial charge is 0.243 e. The van der Waals surface area contributed by atoms with Gasteiger partial charge < -0.3 is 5.32 Å². The molecule has 0 saturated heterocycles. The van der Waals surface area contributed by atoms with Gasteiger partial charge in [0.15, 0.2) is 0 Å². The van der Waals surface area contributed by atoms with E-state index in [1.165, 1.54) is 23.9 Å². The van der Waals surface area contributed by atoms with Gasteiger partial charge in [0.25, 0.3) is 0 Å². The number of rotatable bonds is 8. The van der Waals surface area contributed by atoms with Crippen molar-refractivity contribution in [3.63, 3.8) is 0 Å². The number of thioether (sulfide) groups is 1. The molecular weight excluding hydrogens is 520 g/mol. The van der Waals surface area contributed by atoms with E-state index in [9.17, 15) is 13.2 Å². The van der Waals surface area contributed by atoms with E-state index < -0.39 is 15.9 Å². The minimum Gasteiger partial charge on any atom is -0.324 e. The van der Waals surface area contributed by atoms with E-state index >= 15 is 0 Å². The summed E-state index contributed by atoms with van der Waals surface area (Å²) in [5.74, 6) is -0.420. The molecule has 3 aromatic rings. The highest BCUT2D eigenvalue weighted by Crippen LogP contribution is 2.25. The molecule has 3 rings (SSSR count). The van der Waals surface area contributed by atoms with Crippen molar-refractivity contribution in [2.75, 3.05) is 18.1 Å². The standard InChI is InChI=1S/C22H20BrClN2O3S2/c1-30-21-5-3-2-4-20(21)25-22(27)15-26(14-16-6-10-18(24)11-7-16)31(28,29)19-12-8-17(23)9-13-19/h2-13H,14-15H2,1H3,(H,25,27). The van der Waals surface area contributed by atoms with Gasteiger partial charge in [0.2, 0.25) is 15.9 Å². The zero-order valence-corrected chi connectivity index (χ0v) is 20.6. The fraction of sp³-hybridized carbons (Fsp3) is 0.136. The van der Waals surface area contributed by atoms with Crippen molar-refractivity contribution in [3.05, 3.63) is 87.9 Å². The number of anilines is 1. The zero-order valence-electron chi connectivity index (χ0n) is 16.6. The van der Waals surface area contributed by atoms with Crippen molar-refractivity contribution in [1.29, 1.82) is 0 Å². The fourth-order valence-corrected chi connectivity index (χ4v) is 5.20. The van der Waals surface area contributed by atoms with Crippen molar-refractivity contribution >= 4 is 60.9 Å². The van der Waals surface area contributed by atoms with E-state index in [1.807, 2.05) is 24.5 Å². The number of carbonyl (C=O) groups excluding carboxylic acids is 1. The molecule has 0 aromatic heterocycles. The van der Waals surface area contributed by atoms with Crippen molar-refractivity contribution < 1.29 is 13.2 Å². The SMILES string of the molecule is CSc1ccccc1NC(=O)CN(Cc1ccc(Cl)cc1)S(=O)(=O)c1ccc(Br)cc1. The van der Waals surface area contributed by atoms with Gasteiger partial charge in [0, 0.05) is 20.9 Å². The number of nitrogens with one attached hydrogen (secondary N) is 1. The van der Waals surface area contributed by atoms with Crippen molar-refractivity contribution in [1.82, 2.24) is 4.31 Å². The number of para-hydroxylation sites is 1. The van der Waals surface area contributed by atoms with Gasteiger partial charge in [0.1, 0.15) is 0 Å². The lowest BCUT2D eigenvalue weighted by atomic mass is 10.2. The zero-order chi connectivity index (χ0) is 22.4. The van der Waals surface area contributed by atoms with Crippen LogP contribution >= 0.6 is 39.3 Å². The van der Waals surface area contributed by atoms with Crippen LogP contribution in [0.25, 0.3) is 0 Å². The van der Waals surface area contributed by atoms with Gasteiger partial charge in [-0.2, -0.15) is 4.31 Å². The summed E-state index contributed by atoms with van der Waals surface area (Å²) in [5, 5.41) is 3.38. The Morgan fingerprint density at radius 2 is 1.68 bits per heavy atom. The molecule has 162 valence electrons. The third kappa shape index (κ3) is 6.33. The molecule has 0 bridgehead atoms. The van der Waals surface area contributed by atoms with E-state index in [4.69, 9.17) is 11.6 Å². The summed E-state index contributed by atoms with van der Waals surface area (Å²) in [4.78, 5) is 13.8. The normalized spacial score (nSPS) is 11.5. The number of carbonyl (C=O) groups is 1. The third-order valence-corrected chi connectivity index (χ3v) is 7.81. The largest absolute Gasteiger partial charge is 0.324 e. The third-order valence-electron chi connectivity index (χ3n) is 4.42. The lowest BCUT2D eigenvalue weighted by Gasteiger charge is -2.22. The maximum atomic E-state index is 13.3. The molecule has 31 heavy (non-hydrogen) atoms. The second kappa shape index (κ2) is 10.7. The topological polar surface area (TPSA) is 66.5 Å². The van der Waals surface area contributed by atoms with Gasteiger partial charge in [0.05, 0.1) is 17.1 Å². The van der Waals surface area contributed by atoms with Crippen LogP contribution in [-0.2, 0) is 21.4 Å². The molecule has 1 N–H and O–H groups in total. The maximum Gasteiger partial charge on any atom is 0.243 e. The molecule has 0 atom stereocenters. The number of benzene rings is 3. The molecule has 5 nitrogen and oxygen atoms in total. The average molecular weight is 540 g/mol. The Hall–Kier alpha value is -1.84. The molecule has 0 aliphatic carbocycles. The second-order valence-corrected chi connectivity index (χ2v) is 10.7. The number of sulfonamides is 1. The van der Waals surface area contributed by atoms with Gasteiger partial charge in [-0.25, -0.2) is 8.42 Å². The predicted octanol–water partition coefficient (Wildman–Crippen LogP) is 5.65. The maximum absolute atomic E-state index is 13.3. The van der Waals surface area contributed by atoms with E-state index in [0.717, 1.165) is 19.2 Å². The molecule has 0 heterocycles. The van der Waals surface area contributed by atoms with Crippen LogP contribution in [0.2, 0.25) is 5.02 Å². The van der Waals surface area contributed by atoms with Crippen LogP contribution in [0.4, 0.5) is 5.69 Å². The van der Waals surface area contributed by atoms with Crippen molar-refractivity contribution in [2.24, 2.45) is 0 Å². The first-order valence-electron chi connectivity index (χ1n) is 9.22. The summed E-state index contributed by atoms with van der Waals surface area (Å²) in [6, 6.07) is 20.6. The summed E-state index contributed by atoms with van der Waals surface area (Å²) in [5.41, 5.74) is 1.37. The molecule has 0 spiro atoms. The summed E-state index contributed by atoms with van der Waals surface area (Å²) in [7, 11) is -3.92. The Labute approximate surface area is 200 Å². The molecule has 0 unspecified atom stereocenters. The molecule has 9 heteroatoms. The van der Waals surface area contributed by atoms with Crippen LogP contribution in [0.3, 0.4) is 0 Å². The summed E-state index contributed by atoms with van der Waals surface area (Å²) in [6.07, 6.45) is 1.91. The van der Waals surface area contributed by atoms with Crippen LogP contribution in [0.5, 0.6) is 0 Å². The van der Waals surface area contributed by atoms with E-state index in [0.29, 0.717) is 10.7 Å². The Morgan fingerprint density at radius 1 is 1.03 bits per heavy atom. The highest BCUT2D eigenvalue weighted by molar-refractivity contribution is 9.10. The molecule has 0 aliphatic heterocycles. The Morgan fingerprint density at radius 3 is 2.32 bits per heavy atom. The molecular formula is C22H20BrClN2O3S2. The lowest BCUT2D eigenvalue weighted by molar-refractivity contribution is -0.116. The quantitative estimate of drug-likeness (QED) is 0.376.